The first-order valence-corrected chi connectivity index (χ1v) is 7.37. The Hall–Kier alpha value is -1.13. The minimum absolute atomic E-state index is 0.183. The van der Waals surface area contributed by atoms with Crippen molar-refractivity contribution in [3.8, 4) is 0 Å². The Labute approximate surface area is 120 Å². The van der Waals surface area contributed by atoms with Crippen molar-refractivity contribution in [2.75, 3.05) is 5.75 Å². The largest absolute Gasteiger partial charge is 0.448 e. The summed E-state index contributed by atoms with van der Waals surface area (Å²) in [5.41, 5.74) is -0.183. The highest BCUT2D eigenvalue weighted by Gasteiger charge is 2.45. The van der Waals surface area contributed by atoms with E-state index in [2.05, 4.69) is 20.7 Å². The van der Waals surface area contributed by atoms with Crippen molar-refractivity contribution in [3.05, 3.63) is 34.3 Å². The molecule has 0 bridgehead atoms. The third kappa shape index (κ3) is 5.47. The fraction of sp³-hybridized carbons (Fsp3) is 0.300. The molecule has 1 aromatic carbocycles. The minimum Gasteiger partial charge on any atom is -0.448 e. The molecule has 1 aromatic rings. The monoisotopic (exact) mass is 376 g/mol. The van der Waals surface area contributed by atoms with Crippen molar-refractivity contribution < 1.29 is 35.7 Å². The van der Waals surface area contributed by atoms with Crippen LogP contribution in [0.5, 0.6) is 0 Å². The molecule has 0 saturated carbocycles. The van der Waals surface area contributed by atoms with E-state index in [1.807, 2.05) is 0 Å². The second kappa shape index (κ2) is 6.10. The zero-order chi connectivity index (χ0) is 15.6. The van der Waals surface area contributed by atoms with Crippen LogP contribution < -0.4 is 0 Å². The third-order valence-corrected chi connectivity index (χ3v) is 3.31. The molecule has 0 radical (unpaired) electrons. The number of esters is 1. The number of halogens is 4. The summed E-state index contributed by atoms with van der Waals surface area (Å²) < 4.78 is 71.8. The van der Waals surface area contributed by atoms with Crippen LogP contribution in [0.25, 0.3) is 0 Å². The molecule has 1 N–H and O–H groups in total. The van der Waals surface area contributed by atoms with Crippen LogP contribution in [-0.2, 0) is 14.9 Å². The minimum atomic E-state index is -5.11. The van der Waals surface area contributed by atoms with E-state index < -0.39 is 34.1 Å². The number of carbonyl (C=O) groups excluding carboxylic acids is 1. The van der Waals surface area contributed by atoms with Crippen LogP contribution in [0.1, 0.15) is 10.4 Å². The molecule has 0 aromatic heterocycles. The lowest BCUT2D eigenvalue weighted by Crippen LogP contribution is -2.39. The summed E-state index contributed by atoms with van der Waals surface area (Å²) in [6, 6.07) is 5.21. The number of alkyl halides is 3. The van der Waals surface area contributed by atoms with Crippen molar-refractivity contribution in [2.45, 2.75) is 12.3 Å². The molecule has 10 heteroatoms. The van der Waals surface area contributed by atoms with Gasteiger partial charge in [0.2, 0.25) is 6.10 Å². The Morgan fingerprint density at radius 1 is 1.30 bits per heavy atom. The summed E-state index contributed by atoms with van der Waals surface area (Å²) in [6.07, 6.45) is -8.05. The van der Waals surface area contributed by atoms with E-state index in [9.17, 15) is 26.4 Å². The summed E-state index contributed by atoms with van der Waals surface area (Å²) in [4.78, 5) is 11.5. The summed E-state index contributed by atoms with van der Waals surface area (Å²) in [6.45, 7) is 0. The average Bonchev–Trinajstić information content (AvgIpc) is 2.25. The normalized spacial score (nSPS) is 13.8. The Morgan fingerprint density at radius 2 is 1.80 bits per heavy atom. The van der Waals surface area contributed by atoms with Crippen LogP contribution in [0.4, 0.5) is 13.2 Å². The molecule has 1 atom stereocenters. The van der Waals surface area contributed by atoms with Crippen molar-refractivity contribution in [1.29, 1.82) is 0 Å². The third-order valence-electron chi connectivity index (χ3n) is 2.06. The van der Waals surface area contributed by atoms with Gasteiger partial charge in [0.05, 0.1) is 5.56 Å². The Bertz CT molecular complexity index is 582. The van der Waals surface area contributed by atoms with Gasteiger partial charge < -0.3 is 4.74 Å². The number of rotatable bonds is 4. The zero-order valence-electron chi connectivity index (χ0n) is 9.59. The second-order valence-corrected chi connectivity index (χ2v) is 6.10. The summed E-state index contributed by atoms with van der Waals surface area (Å²) in [5, 5.41) is 0. The Balaban J connectivity index is 2.90. The van der Waals surface area contributed by atoms with E-state index >= 15 is 0 Å². The van der Waals surface area contributed by atoms with Gasteiger partial charge in [0.15, 0.2) is 0 Å². The molecule has 0 amide bonds. The van der Waals surface area contributed by atoms with Gasteiger partial charge in [0, 0.05) is 4.47 Å². The molecule has 0 saturated heterocycles. The number of hydrogen-bond acceptors (Lipinski definition) is 4. The zero-order valence-corrected chi connectivity index (χ0v) is 12.0. The molecule has 112 valence electrons. The number of carbonyl (C=O) groups is 1. The first-order valence-electron chi connectivity index (χ1n) is 4.97. The highest BCUT2D eigenvalue weighted by molar-refractivity contribution is 9.10. The predicted molar refractivity (Wildman–Crippen MR) is 65.8 cm³/mol. The molecule has 1 rings (SSSR count). The number of ether oxygens (including phenoxy) is 1. The molecule has 1 unspecified atom stereocenters. The predicted octanol–water partition coefficient (Wildman–Crippen LogP) is 2.42. The fourth-order valence-electron chi connectivity index (χ4n) is 1.17. The molecule has 0 fully saturated rings. The van der Waals surface area contributed by atoms with Gasteiger partial charge in [0.1, 0.15) is 5.75 Å². The SMILES string of the molecule is O=C(OC(CS(=O)(=O)O)C(F)(F)F)c1ccc(Br)cc1. The van der Waals surface area contributed by atoms with Gasteiger partial charge in [0.25, 0.3) is 10.1 Å². The molecule has 20 heavy (non-hydrogen) atoms. The fourth-order valence-corrected chi connectivity index (χ4v) is 2.07. The highest BCUT2D eigenvalue weighted by Crippen LogP contribution is 2.25. The quantitative estimate of drug-likeness (QED) is 0.644. The van der Waals surface area contributed by atoms with Gasteiger partial charge >= 0.3 is 12.1 Å². The molecule has 0 heterocycles. The van der Waals surface area contributed by atoms with Crippen molar-refractivity contribution in [2.24, 2.45) is 0 Å². The highest BCUT2D eigenvalue weighted by atomic mass is 79.9. The van der Waals surface area contributed by atoms with E-state index in [-0.39, 0.29) is 5.56 Å². The van der Waals surface area contributed by atoms with E-state index in [1.54, 1.807) is 0 Å². The van der Waals surface area contributed by atoms with E-state index in [1.165, 1.54) is 24.3 Å². The van der Waals surface area contributed by atoms with Gasteiger partial charge in [-0.3, -0.25) is 4.55 Å². The number of hydrogen-bond donors (Lipinski definition) is 1. The van der Waals surface area contributed by atoms with Gasteiger partial charge in [-0.2, -0.15) is 21.6 Å². The van der Waals surface area contributed by atoms with Crippen LogP contribution in [0.2, 0.25) is 0 Å². The molecule has 5 nitrogen and oxygen atoms in total. The van der Waals surface area contributed by atoms with Crippen LogP contribution in [0, 0.1) is 0 Å². The first kappa shape index (κ1) is 16.9. The topological polar surface area (TPSA) is 80.7 Å². The Morgan fingerprint density at radius 3 is 2.20 bits per heavy atom. The molecule has 0 spiro atoms. The smallest absolute Gasteiger partial charge is 0.426 e. The summed E-state index contributed by atoms with van der Waals surface area (Å²) in [5.74, 6) is -3.10. The Kier molecular flexibility index (Phi) is 5.16. The van der Waals surface area contributed by atoms with Crippen LogP contribution in [-0.4, -0.2) is 37.0 Å². The maximum Gasteiger partial charge on any atom is 0.426 e. The lowest BCUT2D eigenvalue weighted by Gasteiger charge is -2.19. The second-order valence-electron chi connectivity index (χ2n) is 3.69. The van der Waals surface area contributed by atoms with Gasteiger partial charge in [-0.1, -0.05) is 15.9 Å². The van der Waals surface area contributed by atoms with Crippen molar-refractivity contribution in [3.63, 3.8) is 0 Å². The van der Waals surface area contributed by atoms with E-state index in [0.717, 1.165) is 0 Å². The average molecular weight is 377 g/mol. The van der Waals surface area contributed by atoms with Crippen molar-refractivity contribution in [1.82, 2.24) is 0 Å². The summed E-state index contributed by atoms with van der Waals surface area (Å²) in [7, 11) is -4.95. The van der Waals surface area contributed by atoms with Crippen LogP contribution >= 0.6 is 15.9 Å². The maximum atomic E-state index is 12.5. The maximum absolute atomic E-state index is 12.5. The van der Waals surface area contributed by atoms with Crippen LogP contribution in [0.3, 0.4) is 0 Å². The van der Waals surface area contributed by atoms with Crippen molar-refractivity contribution >= 4 is 32.0 Å². The molecular formula is C10H8BrF3O5S. The molecular weight excluding hydrogens is 369 g/mol. The van der Waals surface area contributed by atoms with Crippen LogP contribution in [0.15, 0.2) is 28.7 Å². The lowest BCUT2D eigenvalue weighted by atomic mass is 10.2. The van der Waals surface area contributed by atoms with E-state index in [4.69, 9.17) is 4.55 Å². The molecule has 0 aliphatic heterocycles. The molecule has 0 aliphatic carbocycles. The number of benzene rings is 1. The first-order chi connectivity index (χ1) is 8.99. The van der Waals surface area contributed by atoms with Gasteiger partial charge in [-0.05, 0) is 24.3 Å². The van der Waals surface area contributed by atoms with E-state index in [0.29, 0.717) is 4.47 Å². The summed E-state index contributed by atoms with van der Waals surface area (Å²) >= 11 is 3.07. The van der Waals surface area contributed by atoms with Gasteiger partial charge in [-0.15, -0.1) is 0 Å². The molecule has 0 aliphatic rings. The standard InChI is InChI=1S/C10H8BrF3O5S/c11-7-3-1-6(2-4-7)9(15)19-8(10(12,13)14)5-20(16,17)18/h1-4,8H,5H2,(H,16,17,18). The van der Waals surface area contributed by atoms with Gasteiger partial charge in [-0.25, -0.2) is 4.79 Å². The lowest BCUT2D eigenvalue weighted by molar-refractivity contribution is -0.197.